The number of nitrogens with zero attached hydrogens (tertiary/aromatic N) is 2. The Hall–Kier alpha value is -1.60. The molecule has 0 aliphatic carbocycles. The minimum Gasteiger partial charge on any atom is -0.480 e. The molecule has 0 aromatic carbocycles. The number of amides is 1. The van der Waals surface area contributed by atoms with Crippen LogP contribution in [0.2, 0.25) is 0 Å². The van der Waals surface area contributed by atoms with Crippen LogP contribution in [0, 0.1) is 5.92 Å². The van der Waals surface area contributed by atoms with Gasteiger partial charge in [0.15, 0.2) is 0 Å². The number of carboxylic acids is 1. The van der Waals surface area contributed by atoms with Crippen molar-refractivity contribution in [2.24, 2.45) is 13.0 Å². The summed E-state index contributed by atoms with van der Waals surface area (Å²) >= 11 is 6.39. The summed E-state index contributed by atoms with van der Waals surface area (Å²) in [5.41, 5.74) is 0.887. The van der Waals surface area contributed by atoms with Gasteiger partial charge in [-0.2, -0.15) is 0 Å². The molecule has 2 rings (SSSR count). The highest BCUT2D eigenvalue weighted by Gasteiger charge is 2.42. The molecular formula is C15H18N2O3S2. The number of hydrogen-bond acceptors (Lipinski definition) is 4. The summed E-state index contributed by atoms with van der Waals surface area (Å²) in [5.74, 6) is -1.52. The van der Waals surface area contributed by atoms with E-state index in [4.69, 9.17) is 12.2 Å². The Balaban J connectivity index is 2.32. The largest absolute Gasteiger partial charge is 0.480 e. The predicted molar refractivity (Wildman–Crippen MR) is 91.3 cm³/mol. The van der Waals surface area contributed by atoms with E-state index in [0.29, 0.717) is 15.6 Å². The van der Waals surface area contributed by atoms with Gasteiger partial charge in [0.1, 0.15) is 10.4 Å². The van der Waals surface area contributed by atoms with Crippen LogP contribution < -0.4 is 0 Å². The molecule has 1 aliphatic heterocycles. The maximum absolute atomic E-state index is 12.6. The average Bonchev–Trinajstić information content (AvgIpc) is 2.97. The second-order valence-corrected chi connectivity index (χ2v) is 7.01. The summed E-state index contributed by atoms with van der Waals surface area (Å²) in [6.07, 6.45) is 6.17. The Morgan fingerprint density at radius 3 is 2.73 bits per heavy atom. The van der Waals surface area contributed by atoms with E-state index in [-0.39, 0.29) is 11.8 Å². The van der Waals surface area contributed by atoms with Gasteiger partial charge >= 0.3 is 5.97 Å². The molecule has 118 valence electrons. The number of aliphatic carboxylic acids is 1. The minimum absolute atomic E-state index is 0.170. The Morgan fingerprint density at radius 2 is 2.23 bits per heavy atom. The number of thioether (sulfide) groups is 1. The summed E-state index contributed by atoms with van der Waals surface area (Å²) in [7, 11) is 1.89. The van der Waals surface area contributed by atoms with Crippen LogP contribution >= 0.6 is 24.0 Å². The van der Waals surface area contributed by atoms with Crippen molar-refractivity contribution in [2.45, 2.75) is 26.3 Å². The second-order valence-electron chi connectivity index (χ2n) is 5.33. The van der Waals surface area contributed by atoms with E-state index in [0.717, 1.165) is 17.3 Å². The quantitative estimate of drug-likeness (QED) is 0.661. The number of aryl methyl sites for hydroxylation is 1. The lowest BCUT2D eigenvalue weighted by atomic mass is 9.98. The zero-order chi connectivity index (χ0) is 16.4. The molecule has 1 fully saturated rings. The van der Waals surface area contributed by atoms with Crippen molar-refractivity contribution in [3.8, 4) is 0 Å². The number of carbonyl (C=O) groups excluding carboxylic acids is 1. The third-order valence-corrected chi connectivity index (χ3v) is 5.02. The van der Waals surface area contributed by atoms with E-state index in [2.05, 4.69) is 0 Å². The number of carbonyl (C=O) groups is 2. The molecule has 1 N–H and O–H groups in total. The molecule has 0 spiro atoms. The number of rotatable bonds is 5. The van der Waals surface area contributed by atoms with E-state index >= 15 is 0 Å². The highest BCUT2D eigenvalue weighted by molar-refractivity contribution is 8.26. The summed E-state index contributed by atoms with van der Waals surface area (Å²) in [4.78, 5) is 25.8. The minimum atomic E-state index is -1.02. The van der Waals surface area contributed by atoms with Gasteiger partial charge in [-0.15, -0.1) is 0 Å². The normalized spacial score (nSPS) is 19.8. The number of aromatic nitrogens is 1. The third-order valence-electron chi connectivity index (χ3n) is 3.69. The van der Waals surface area contributed by atoms with Crippen LogP contribution in [0.1, 0.15) is 25.8 Å². The Kier molecular flexibility index (Phi) is 5.08. The maximum Gasteiger partial charge on any atom is 0.327 e. The van der Waals surface area contributed by atoms with Gasteiger partial charge in [-0.05, 0) is 23.6 Å². The van der Waals surface area contributed by atoms with Gasteiger partial charge in [-0.25, -0.2) is 4.79 Å². The molecule has 1 amide bonds. The summed E-state index contributed by atoms with van der Waals surface area (Å²) < 4.78 is 2.19. The topological polar surface area (TPSA) is 62.5 Å². The number of thiocarbonyl (C=S) groups is 1. The van der Waals surface area contributed by atoms with Crippen molar-refractivity contribution >= 4 is 46.3 Å². The van der Waals surface area contributed by atoms with Gasteiger partial charge < -0.3 is 9.67 Å². The molecule has 1 saturated heterocycles. The van der Waals surface area contributed by atoms with Crippen molar-refractivity contribution in [2.75, 3.05) is 0 Å². The summed E-state index contributed by atoms with van der Waals surface area (Å²) in [5, 5.41) is 9.46. The van der Waals surface area contributed by atoms with Crippen LogP contribution in [0.15, 0.2) is 23.4 Å². The maximum atomic E-state index is 12.6. The molecule has 1 aliphatic rings. The lowest BCUT2D eigenvalue weighted by Gasteiger charge is -2.27. The number of carboxylic acid groups (broad SMARTS) is 1. The Bertz CT molecular complexity index is 651. The highest BCUT2D eigenvalue weighted by Crippen LogP contribution is 2.35. The number of hydrogen-bond donors (Lipinski definition) is 1. The van der Waals surface area contributed by atoms with Gasteiger partial charge in [0.25, 0.3) is 5.91 Å². The first-order valence-electron chi connectivity index (χ1n) is 6.97. The van der Waals surface area contributed by atoms with Gasteiger partial charge in [-0.1, -0.05) is 44.2 Å². The molecule has 0 unspecified atom stereocenters. The van der Waals surface area contributed by atoms with Crippen LogP contribution in [-0.4, -0.2) is 36.8 Å². The van der Waals surface area contributed by atoms with E-state index in [1.807, 2.05) is 43.9 Å². The van der Waals surface area contributed by atoms with Crippen molar-refractivity contribution in [3.63, 3.8) is 0 Å². The van der Waals surface area contributed by atoms with Crippen LogP contribution in [0.4, 0.5) is 0 Å². The van der Waals surface area contributed by atoms with Crippen LogP contribution in [0.3, 0.4) is 0 Å². The van der Waals surface area contributed by atoms with Gasteiger partial charge in [-0.3, -0.25) is 9.69 Å². The van der Waals surface area contributed by atoms with Crippen LogP contribution in [0.5, 0.6) is 0 Å². The average molecular weight is 338 g/mol. The van der Waals surface area contributed by atoms with Crippen LogP contribution in [0.25, 0.3) is 6.08 Å². The van der Waals surface area contributed by atoms with Gasteiger partial charge in [0.2, 0.25) is 0 Å². The lowest BCUT2D eigenvalue weighted by molar-refractivity contribution is -0.147. The summed E-state index contributed by atoms with van der Waals surface area (Å²) in [6.45, 7) is 3.72. The van der Waals surface area contributed by atoms with E-state index in [1.165, 1.54) is 4.90 Å². The van der Waals surface area contributed by atoms with Gasteiger partial charge in [0.05, 0.1) is 4.91 Å². The summed E-state index contributed by atoms with van der Waals surface area (Å²) in [6, 6.07) is 0.967. The van der Waals surface area contributed by atoms with Gasteiger partial charge in [0, 0.05) is 19.4 Å². The van der Waals surface area contributed by atoms with Crippen molar-refractivity contribution in [3.05, 3.63) is 28.9 Å². The molecule has 1 aromatic heterocycles. The van der Waals surface area contributed by atoms with Crippen molar-refractivity contribution < 1.29 is 14.7 Å². The molecule has 1 aromatic rings. The standard InChI is InChI=1S/C15H18N2O3S2/c1-4-9(2)12(14(19)20)17-13(18)11(22-15(17)21)7-10-5-6-16(3)8-10/h5-9,12H,4H2,1-3H3,(H,19,20)/b11-7+/t9-,12+/m1/s1. The smallest absolute Gasteiger partial charge is 0.327 e. The fraction of sp³-hybridized carbons (Fsp3) is 0.400. The van der Waals surface area contributed by atoms with Crippen molar-refractivity contribution in [1.82, 2.24) is 9.47 Å². The molecule has 2 atom stereocenters. The zero-order valence-electron chi connectivity index (χ0n) is 12.6. The molecule has 5 nitrogen and oxygen atoms in total. The van der Waals surface area contributed by atoms with Crippen LogP contribution in [-0.2, 0) is 16.6 Å². The zero-order valence-corrected chi connectivity index (χ0v) is 14.3. The monoisotopic (exact) mass is 338 g/mol. The molecular weight excluding hydrogens is 320 g/mol. The fourth-order valence-corrected chi connectivity index (χ4v) is 3.64. The predicted octanol–water partition coefficient (Wildman–Crippen LogP) is 2.73. The second kappa shape index (κ2) is 6.66. The first-order valence-corrected chi connectivity index (χ1v) is 8.19. The fourth-order valence-electron chi connectivity index (χ4n) is 2.31. The first-order chi connectivity index (χ1) is 10.3. The molecule has 22 heavy (non-hydrogen) atoms. The third kappa shape index (κ3) is 3.25. The Morgan fingerprint density at radius 1 is 1.55 bits per heavy atom. The van der Waals surface area contributed by atoms with E-state index in [9.17, 15) is 14.7 Å². The lowest BCUT2D eigenvalue weighted by Crippen LogP contribution is -2.47. The molecule has 7 heteroatoms. The SMILES string of the molecule is CC[C@@H](C)[C@@H](C(=O)O)N1C(=O)/C(=C\c2ccn(C)c2)SC1=S. The molecule has 0 radical (unpaired) electrons. The molecule has 2 heterocycles. The molecule has 0 bridgehead atoms. The van der Waals surface area contributed by atoms with E-state index in [1.54, 1.807) is 6.08 Å². The highest BCUT2D eigenvalue weighted by atomic mass is 32.2. The Labute approximate surface area is 139 Å². The molecule has 0 saturated carbocycles. The van der Waals surface area contributed by atoms with Crippen molar-refractivity contribution in [1.29, 1.82) is 0 Å². The first kappa shape index (κ1) is 16.8. The van der Waals surface area contributed by atoms with E-state index < -0.39 is 12.0 Å².